The fourth-order valence-electron chi connectivity index (χ4n) is 1.58. The van der Waals surface area contributed by atoms with Gasteiger partial charge < -0.3 is 9.84 Å². The summed E-state index contributed by atoms with van der Waals surface area (Å²) >= 11 is 0. The van der Waals surface area contributed by atoms with E-state index in [-0.39, 0.29) is 11.3 Å². The van der Waals surface area contributed by atoms with Crippen LogP contribution in [0.2, 0.25) is 0 Å². The summed E-state index contributed by atoms with van der Waals surface area (Å²) in [5.41, 5.74) is 1.16. The lowest BCUT2D eigenvalue weighted by atomic mass is 10.3. The van der Waals surface area contributed by atoms with Gasteiger partial charge in [-0.05, 0) is 19.1 Å². The number of pyridine rings is 1. The van der Waals surface area contributed by atoms with E-state index in [2.05, 4.69) is 14.8 Å². The molecule has 2 rings (SSSR count). The van der Waals surface area contributed by atoms with E-state index in [1.54, 1.807) is 13.0 Å². The Morgan fingerprint density at radius 1 is 1.42 bits per heavy atom. The number of nitrogens with zero attached hydrogens (tertiary/aromatic N) is 3. The fourth-order valence-corrected chi connectivity index (χ4v) is 1.58. The van der Waals surface area contributed by atoms with Gasteiger partial charge in [-0.15, -0.1) is 0 Å². The molecule has 0 unspecified atom stereocenters. The molecule has 0 aromatic carbocycles. The lowest BCUT2D eigenvalue weighted by Gasteiger charge is -2.03. The van der Waals surface area contributed by atoms with E-state index in [1.807, 2.05) is 0 Å². The lowest BCUT2D eigenvalue weighted by molar-refractivity contribution is 0.0593. The summed E-state index contributed by atoms with van der Waals surface area (Å²) in [5, 5.41) is 13.1. The summed E-state index contributed by atoms with van der Waals surface area (Å²) in [5.74, 6) is -1.62. The minimum Gasteiger partial charge on any atom is -0.478 e. The van der Waals surface area contributed by atoms with Gasteiger partial charge in [-0.25, -0.2) is 19.3 Å². The molecule has 0 amide bonds. The molecule has 0 fully saturated rings. The zero-order valence-electron chi connectivity index (χ0n) is 10.3. The molecule has 2 aromatic rings. The highest BCUT2D eigenvalue weighted by atomic mass is 16.5. The van der Waals surface area contributed by atoms with Crippen LogP contribution in [0.4, 0.5) is 0 Å². The number of carbonyl (C=O) groups is 2. The minimum atomic E-state index is -1.05. The van der Waals surface area contributed by atoms with Crippen LogP contribution >= 0.6 is 0 Å². The predicted molar refractivity (Wildman–Crippen MR) is 64.4 cm³/mol. The second-order valence-corrected chi connectivity index (χ2v) is 3.77. The molecule has 0 saturated heterocycles. The van der Waals surface area contributed by atoms with E-state index < -0.39 is 11.9 Å². The lowest BCUT2D eigenvalue weighted by Crippen LogP contribution is -2.06. The van der Waals surface area contributed by atoms with Crippen molar-refractivity contribution < 1.29 is 19.4 Å². The van der Waals surface area contributed by atoms with Crippen molar-refractivity contribution in [3.8, 4) is 5.69 Å². The largest absolute Gasteiger partial charge is 0.478 e. The summed E-state index contributed by atoms with van der Waals surface area (Å²) in [4.78, 5) is 26.2. The van der Waals surface area contributed by atoms with Crippen molar-refractivity contribution >= 4 is 11.9 Å². The Labute approximate surface area is 108 Å². The smallest absolute Gasteiger partial charge is 0.356 e. The number of hydrogen-bond donors (Lipinski definition) is 1. The molecule has 2 aromatic heterocycles. The molecule has 0 aliphatic heterocycles. The third kappa shape index (κ3) is 2.44. The molecule has 0 spiro atoms. The molecule has 0 radical (unpaired) electrons. The molecule has 19 heavy (non-hydrogen) atoms. The number of aromatic carboxylic acids is 1. The number of aromatic nitrogens is 3. The average Bonchev–Trinajstić information content (AvgIpc) is 2.80. The van der Waals surface area contributed by atoms with Gasteiger partial charge in [0.15, 0.2) is 0 Å². The Bertz CT molecular complexity index is 648. The normalized spacial score (nSPS) is 10.2. The summed E-state index contributed by atoms with van der Waals surface area (Å²) in [6.45, 7) is 1.60. The molecule has 0 bridgehead atoms. The maximum atomic E-state index is 11.4. The monoisotopic (exact) mass is 261 g/mol. The third-order valence-corrected chi connectivity index (χ3v) is 2.53. The van der Waals surface area contributed by atoms with Crippen LogP contribution in [0.15, 0.2) is 24.5 Å². The van der Waals surface area contributed by atoms with Gasteiger partial charge in [0.25, 0.3) is 0 Å². The van der Waals surface area contributed by atoms with Gasteiger partial charge in [0, 0.05) is 12.4 Å². The van der Waals surface area contributed by atoms with Gasteiger partial charge in [0.05, 0.1) is 18.5 Å². The standard InChI is InChI=1S/C12H11N3O4/c1-7-9(11(16)17)6-15(14-7)8-3-4-13-10(5-8)12(18)19-2/h3-6H,1-2H3,(H,16,17). The van der Waals surface area contributed by atoms with E-state index in [4.69, 9.17) is 5.11 Å². The molecule has 1 N–H and O–H groups in total. The Morgan fingerprint density at radius 3 is 2.74 bits per heavy atom. The molecule has 98 valence electrons. The number of ether oxygens (including phenoxy) is 1. The van der Waals surface area contributed by atoms with Gasteiger partial charge in [-0.3, -0.25) is 0 Å². The van der Waals surface area contributed by atoms with Crippen LogP contribution < -0.4 is 0 Å². The molecule has 0 atom stereocenters. The minimum absolute atomic E-state index is 0.108. The second kappa shape index (κ2) is 4.89. The number of esters is 1. The van der Waals surface area contributed by atoms with Gasteiger partial charge in [0.1, 0.15) is 11.3 Å². The van der Waals surface area contributed by atoms with Crippen molar-refractivity contribution in [3.63, 3.8) is 0 Å². The number of carboxylic acids is 1. The molecule has 0 saturated carbocycles. The number of rotatable bonds is 3. The highest BCUT2D eigenvalue weighted by Crippen LogP contribution is 2.13. The van der Waals surface area contributed by atoms with E-state index in [0.29, 0.717) is 11.4 Å². The topological polar surface area (TPSA) is 94.3 Å². The SMILES string of the molecule is COC(=O)c1cc(-n2cc(C(=O)O)c(C)n2)ccn1. The van der Waals surface area contributed by atoms with Crippen LogP contribution in [0.3, 0.4) is 0 Å². The predicted octanol–water partition coefficient (Wildman–Crippen LogP) is 1.06. The van der Waals surface area contributed by atoms with E-state index >= 15 is 0 Å². The van der Waals surface area contributed by atoms with E-state index in [9.17, 15) is 9.59 Å². The molecular formula is C12H11N3O4. The van der Waals surface area contributed by atoms with E-state index in [1.165, 1.54) is 30.3 Å². The Morgan fingerprint density at radius 2 is 2.16 bits per heavy atom. The van der Waals surface area contributed by atoms with Crippen LogP contribution in [0, 0.1) is 6.92 Å². The molecule has 0 aliphatic rings. The van der Waals surface area contributed by atoms with Gasteiger partial charge in [-0.1, -0.05) is 0 Å². The highest BCUT2D eigenvalue weighted by molar-refractivity contribution is 5.89. The number of aryl methyl sites for hydroxylation is 1. The third-order valence-electron chi connectivity index (χ3n) is 2.53. The maximum Gasteiger partial charge on any atom is 0.356 e. The average molecular weight is 261 g/mol. The van der Waals surface area contributed by atoms with Gasteiger partial charge >= 0.3 is 11.9 Å². The number of methoxy groups -OCH3 is 1. The Hall–Kier alpha value is -2.70. The Balaban J connectivity index is 2.45. The first-order valence-electron chi connectivity index (χ1n) is 5.37. The van der Waals surface area contributed by atoms with Crippen molar-refractivity contribution in [2.75, 3.05) is 7.11 Å². The molecule has 7 heteroatoms. The van der Waals surface area contributed by atoms with Crippen LogP contribution in [-0.2, 0) is 4.74 Å². The van der Waals surface area contributed by atoms with Crippen LogP contribution in [0.25, 0.3) is 5.69 Å². The van der Waals surface area contributed by atoms with Gasteiger partial charge in [0.2, 0.25) is 0 Å². The molecule has 0 aliphatic carbocycles. The first-order valence-corrected chi connectivity index (χ1v) is 5.37. The van der Waals surface area contributed by atoms with Crippen molar-refractivity contribution in [3.05, 3.63) is 41.5 Å². The zero-order chi connectivity index (χ0) is 14.0. The summed E-state index contributed by atoms with van der Waals surface area (Å²) < 4.78 is 5.95. The molecule has 2 heterocycles. The van der Waals surface area contributed by atoms with Crippen molar-refractivity contribution in [2.24, 2.45) is 0 Å². The maximum absolute atomic E-state index is 11.4. The van der Waals surface area contributed by atoms with Crippen LogP contribution in [0.5, 0.6) is 0 Å². The van der Waals surface area contributed by atoms with Gasteiger partial charge in [-0.2, -0.15) is 5.10 Å². The van der Waals surface area contributed by atoms with Crippen LogP contribution in [0.1, 0.15) is 26.5 Å². The van der Waals surface area contributed by atoms with Crippen molar-refractivity contribution in [1.82, 2.24) is 14.8 Å². The van der Waals surface area contributed by atoms with Crippen molar-refractivity contribution in [1.29, 1.82) is 0 Å². The molecular weight excluding hydrogens is 250 g/mol. The fraction of sp³-hybridized carbons (Fsp3) is 0.167. The van der Waals surface area contributed by atoms with Crippen LogP contribution in [-0.4, -0.2) is 38.9 Å². The summed E-state index contributed by atoms with van der Waals surface area (Å²) in [6, 6.07) is 3.09. The number of carbonyl (C=O) groups excluding carboxylic acids is 1. The number of carboxylic acid groups (broad SMARTS) is 1. The van der Waals surface area contributed by atoms with E-state index in [0.717, 1.165) is 0 Å². The zero-order valence-corrected chi connectivity index (χ0v) is 10.3. The summed E-state index contributed by atoms with van der Waals surface area (Å²) in [6.07, 6.45) is 2.81. The molecule has 7 nitrogen and oxygen atoms in total. The first-order chi connectivity index (χ1) is 9.02. The number of hydrogen-bond acceptors (Lipinski definition) is 5. The van der Waals surface area contributed by atoms with Crippen molar-refractivity contribution in [2.45, 2.75) is 6.92 Å². The Kier molecular flexibility index (Phi) is 3.28. The first kappa shape index (κ1) is 12.7. The quantitative estimate of drug-likeness (QED) is 0.830. The second-order valence-electron chi connectivity index (χ2n) is 3.77. The summed E-state index contributed by atoms with van der Waals surface area (Å²) in [7, 11) is 1.26. The highest BCUT2D eigenvalue weighted by Gasteiger charge is 2.14.